The first-order chi connectivity index (χ1) is 11.6. The molecule has 0 saturated carbocycles. The number of para-hydroxylation sites is 2. The molecule has 0 atom stereocenters. The lowest BCUT2D eigenvalue weighted by molar-refractivity contribution is 0.206. The van der Waals surface area contributed by atoms with Crippen LogP contribution in [0.2, 0.25) is 0 Å². The Morgan fingerprint density at radius 2 is 1.83 bits per heavy atom. The molecule has 4 heteroatoms. The molecule has 0 unspecified atom stereocenters. The van der Waals surface area contributed by atoms with Crippen LogP contribution in [0.1, 0.15) is 16.8 Å². The molecule has 2 amide bonds. The average Bonchev–Trinajstić information content (AvgIpc) is 2.90. The Kier molecular flexibility index (Phi) is 3.53. The maximum Gasteiger partial charge on any atom is 0.322 e. The number of urea groups is 1. The first kappa shape index (κ1) is 14.8. The van der Waals surface area contributed by atoms with E-state index in [4.69, 9.17) is 0 Å². The number of aromatic nitrogens is 1. The summed E-state index contributed by atoms with van der Waals surface area (Å²) in [5, 5.41) is 4.30. The second-order valence-corrected chi connectivity index (χ2v) is 6.42. The van der Waals surface area contributed by atoms with Crippen molar-refractivity contribution in [2.45, 2.75) is 19.9 Å². The number of anilines is 1. The molecule has 2 aromatic carbocycles. The van der Waals surface area contributed by atoms with Crippen molar-refractivity contribution in [3.63, 3.8) is 0 Å². The van der Waals surface area contributed by atoms with E-state index < -0.39 is 0 Å². The van der Waals surface area contributed by atoms with Crippen LogP contribution in [0, 0.1) is 6.92 Å². The normalized spacial score (nSPS) is 13.8. The van der Waals surface area contributed by atoms with Crippen LogP contribution in [-0.4, -0.2) is 22.0 Å². The molecule has 2 heterocycles. The van der Waals surface area contributed by atoms with Crippen molar-refractivity contribution in [3.8, 4) is 0 Å². The second kappa shape index (κ2) is 5.71. The fraction of sp³-hybridized carbons (Fsp3) is 0.250. The van der Waals surface area contributed by atoms with Gasteiger partial charge >= 0.3 is 6.03 Å². The minimum atomic E-state index is -0.0251. The van der Waals surface area contributed by atoms with Gasteiger partial charge in [-0.3, -0.25) is 0 Å². The summed E-state index contributed by atoms with van der Waals surface area (Å²) < 4.78 is 2.27. The summed E-state index contributed by atoms with van der Waals surface area (Å²) in [7, 11) is 2.12. The Labute approximate surface area is 141 Å². The molecule has 0 saturated heterocycles. The lowest BCUT2D eigenvalue weighted by atomic mass is 10.0. The van der Waals surface area contributed by atoms with E-state index in [-0.39, 0.29) is 6.03 Å². The average molecular weight is 319 g/mol. The number of nitrogens with zero attached hydrogens (tertiary/aromatic N) is 2. The summed E-state index contributed by atoms with van der Waals surface area (Å²) in [4.78, 5) is 14.6. The zero-order valence-corrected chi connectivity index (χ0v) is 14.0. The number of rotatable bonds is 1. The van der Waals surface area contributed by atoms with Crippen LogP contribution in [0.5, 0.6) is 0 Å². The van der Waals surface area contributed by atoms with Crippen LogP contribution >= 0.6 is 0 Å². The molecule has 0 spiro atoms. The number of hydrogen-bond donors (Lipinski definition) is 1. The van der Waals surface area contributed by atoms with Gasteiger partial charge in [0.05, 0.1) is 0 Å². The highest BCUT2D eigenvalue weighted by atomic mass is 16.2. The van der Waals surface area contributed by atoms with Crippen LogP contribution in [0.25, 0.3) is 10.9 Å². The Hall–Kier alpha value is -2.75. The van der Waals surface area contributed by atoms with Gasteiger partial charge in [0.25, 0.3) is 0 Å². The number of aryl methyl sites for hydroxylation is 2. The third-order valence-electron chi connectivity index (χ3n) is 4.99. The van der Waals surface area contributed by atoms with E-state index in [0.717, 1.165) is 24.2 Å². The molecular weight excluding hydrogens is 298 g/mol. The number of fused-ring (bicyclic) bond motifs is 3. The summed E-state index contributed by atoms with van der Waals surface area (Å²) in [5.74, 6) is 0. The molecule has 0 fully saturated rings. The first-order valence-corrected chi connectivity index (χ1v) is 8.32. The molecule has 3 aromatic rings. The molecule has 0 bridgehead atoms. The molecule has 0 aliphatic carbocycles. The van der Waals surface area contributed by atoms with E-state index in [0.29, 0.717) is 6.54 Å². The maximum atomic E-state index is 12.7. The van der Waals surface area contributed by atoms with Crippen LogP contribution < -0.4 is 5.32 Å². The van der Waals surface area contributed by atoms with Crippen LogP contribution in [0.15, 0.2) is 48.5 Å². The lowest BCUT2D eigenvalue weighted by Gasteiger charge is -2.28. The van der Waals surface area contributed by atoms with E-state index >= 15 is 0 Å². The van der Waals surface area contributed by atoms with Gasteiger partial charge in [-0.15, -0.1) is 0 Å². The van der Waals surface area contributed by atoms with E-state index in [1.54, 1.807) is 0 Å². The van der Waals surface area contributed by atoms with Crippen molar-refractivity contribution in [2.24, 2.45) is 7.05 Å². The van der Waals surface area contributed by atoms with Gasteiger partial charge in [0.1, 0.15) is 0 Å². The number of carbonyl (C=O) groups excluding carboxylic acids is 1. The number of nitrogens with one attached hydrogen (secondary N) is 1. The highest BCUT2D eigenvalue weighted by Crippen LogP contribution is 2.30. The second-order valence-electron chi connectivity index (χ2n) is 6.42. The number of amides is 2. The molecule has 4 nitrogen and oxygen atoms in total. The Morgan fingerprint density at radius 3 is 2.67 bits per heavy atom. The molecule has 1 aliphatic heterocycles. The molecular formula is C20H21N3O. The van der Waals surface area contributed by atoms with Gasteiger partial charge in [0, 0.05) is 54.4 Å². The Balaban J connectivity index is 1.61. The minimum Gasteiger partial charge on any atom is -0.347 e. The van der Waals surface area contributed by atoms with Gasteiger partial charge in [0.2, 0.25) is 0 Å². The third kappa shape index (κ3) is 2.35. The molecule has 24 heavy (non-hydrogen) atoms. The first-order valence-electron chi connectivity index (χ1n) is 8.32. The van der Waals surface area contributed by atoms with Crippen molar-refractivity contribution >= 4 is 22.6 Å². The van der Waals surface area contributed by atoms with Crippen LogP contribution in [-0.2, 0) is 20.0 Å². The predicted molar refractivity (Wildman–Crippen MR) is 97.2 cm³/mol. The zero-order valence-electron chi connectivity index (χ0n) is 14.0. The van der Waals surface area contributed by atoms with E-state index in [9.17, 15) is 4.79 Å². The summed E-state index contributed by atoms with van der Waals surface area (Å²) >= 11 is 0. The smallest absolute Gasteiger partial charge is 0.322 e. The topological polar surface area (TPSA) is 37.3 Å². The maximum absolute atomic E-state index is 12.7. The van der Waals surface area contributed by atoms with Crippen molar-refractivity contribution in [2.75, 3.05) is 11.9 Å². The number of benzene rings is 2. The van der Waals surface area contributed by atoms with Gasteiger partial charge in [-0.2, -0.15) is 0 Å². The molecule has 4 rings (SSSR count). The van der Waals surface area contributed by atoms with Crippen LogP contribution in [0.3, 0.4) is 0 Å². The fourth-order valence-corrected chi connectivity index (χ4v) is 3.61. The van der Waals surface area contributed by atoms with E-state index in [1.165, 1.54) is 22.2 Å². The predicted octanol–water partition coefficient (Wildman–Crippen LogP) is 4.08. The van der Waals surface area contributed by atoms with Crippen molar-refractivity contribution in [1.29, 1.82) is 0 Å². The van der Waals surface area contributed by atoms with Gasteiger partial charge in [-0.05, 0) is 24.6 Å². The summed E-state index contributed by atoms with van der Waals surface area (Å²) in [6.07, 6.45) is 0.891. The molecule has 1 aromatic heterocycles. The highest BCUT2D eigenvalue weighted by Gasteiger charge is 2.25. The Bertz CT molecular complexity index is 926. The Morgan fingerprint density at radius 1 is 1.08 bits per heavy atom. The van der Waals surface area contributed by atoms with Crippen molar-refractivity contribution in [3.05, 3.63) is 65.4 Å². The summed E-state index contributed by atoms with van der Waals surface area (Å²) in [6.45, 7) is 3.41. The van der Waals surface area contributed by atoms with Gasteiger partial charge in [-0.25, -0.2) is 4.79 Å². The SMILES string of the molecule is Cc1ccccc1NC(=O)N1CCc2c(c3ccccc3n2C)C1. The molecule has 1 N–H and O–H groups in total. The fourth-order valence-electron chi connectivity index (χ4n) is 3.61. The van der Waals surface area contributed by atoms with Crippen molar-refractivity contribution in [1.82, 2.24) is 9.47 Å². The lowest BCUT2D eigenvalue weighted by Crippen LogP contribution is -2.39. The van der Waals surface area contributed by atoms with Gasteiger partial charge in [-0.1, -0.05) is 36.4 Å². The third-order valence-corrected chi connectivity index (χ3v) is 4.99. The van der Waals surface area contributed by atoms with E-state index in [2.05, 4.69) is 41.2 Å². The molecule has 1 aliphatic rings. The highest BCUT2D eigenvalue weighted by molar-refractivity contribution is 5.91. The monoisotopic (exact) mass is 319 g/mol. The summed E-state index contributed by atoms with van der Waals surface area (Å²) in [6, 6.07) is 16.3. The molecule has 122 valence electrons. The number of carbonyl (C=O) groups is 1. The van der Waals surface area contributed by atoms with Gasteiger partial charge < -0.3 is 14.8 Å². The standard InChI is InChI=1S/C20H21N3O/c1-14-7-3-5-9-17(14)21-20(24)23-12-11-19-16(13-23)15-8-4-6-10-18(15)22(19)2/h3-10H,11-13H2,1-2H3,(H,21,24). The molecule has 0 radical (unpaired) electrons. The summed E-state index contributed by atoms with van der Waals surface area (Å²) in [5.41, 5.74) is 5.82. The minimum absolute atomic E-state index is 0.0251. The van der Waals surface area contributed by atoms with Crippen molar-refractivity contribution < 1.29 is 4.79 Å². The number of hydrogen-bond acceptors (Lipinski definition) is 1. The van der Waals surface area contributed by atoms with E-state index in [1.807, 2.05) is 36.1 Å². The van der Waals surface area contributed by atoms with Crippen LogP contribution in [0.4, 0.5) is 10.5 Å². The quantitative estimate of drug-likeness (QED) is 0.721. The largest absolute Gasteiger partial charge is 0.347 e. The zero-order chi connectivity index (χ0) is 16.7. The van der Waals surface area contributed by atoms with Gasteiger partial charge in [0.15, 0.2) is 0 Å².